The Hall–Kier alpha value is -1.84. The SMILES string of the molecule is COCOCC(Nc1ccc(C)cc1)c1ccccc1. The third kappa shape index (κ3) is 4.37. The second-order valence-corrected chi connectivity index (χ2v) is 4.75. The van der Waals surface area contributed by atoms with Gasteiger partial charge in [0.2, 0.25) is 0 Å². The molecular weight excluding hydrogens is 250 g/mol. The zero-order valence-corrected chi connectivity index (χ0v) is 12.0. The minimum absolute atomic E-state index is 0.106. The van der Waals surface area contributed by atoms with E-state index in [1.807, 2.05) is 18.2 Å². The van der Waals surface area contributed by atoms with Gasteiger partial charge in [-0.05, 0) is 24.6 Å². The summed E-state index contributed by atoms with van der Waals surface area (Å²) in [6.45, 7) is 2.95. The lowest BCUT2D eigenvalue weighted by Gasteiger charge is -2.20. The Morgan fingerprint density at radius 2 is 1.70 bits per heavy atom. The van der Waals surface area contributed by atoms with Crippen LogP contribution >= 0.6 is 0 Å². The first-order valence-electron chi connectivity index (χ1n) is 6.74. The molecule has 0 aliphatic heterocycles. The van der Waals surface area contributed by atoms with Crippen molar-refractivity contribution in [1.82, 2.24) is 0 Å². The van der Waals surface area contributed by atoms with E-state index in [0.717, 1.165) is 5.69 Å². The van der Waals surface area contributed by atoms with Gasteiger partial charge in [-0.1, -0.05) is 48.0 Å². The molecule has 0 amide bonds. The number of rotatable bonds is 7. The van der Waals surface area contributed by atoms with Crippen molar-refractivity contribution in [2.24, 2.45) is 0 Å². The summed E-state index contributed by atoms with van der Waals surface area (Å²) in [4.78, 5) is 0. The highest BCUT2D eigenvalue weighted by molar-refractivity contribution is 5.46. The van der Waals surface area contributed by atoms with E-state index in [4.69, 9.17) is 9.47 Å². The number of hydrogen-bond acceptors (Lipinski definition) is 3. The number of benzene rings is 2. The molecule has 1 atom stereocenters. The fourth-order valence-electron chi connectivity index (χ4n) is 2.01. The van der Waals surface area contributed by atoms with Crippen molar-refractivity contribution in [3.63, 3.8) is 0 Å². The second-order valence-electron chi connectivity index (χ2n) is 4.75. The molecule has 1 N–H and O–H groups in total. The molecule has 0 radical (unpaired) electrons. The Balaban J connectivity index is 2.07. The van der Waals surface area contributed by atoms with Gasteiger partial charge in [0.1, 0.15) is 6.79 Å². The maximum Gasteiger partial charge on any atom is 0.146 e. The third-order valence-electron chi connectivity index (χ3n) is 3.08. The first kappa shape index (κ1) is 14.6. The molecule has 1 unspecified atom stereocenters. The summed E-state index contributed by atoms with van der Waals surface area (Å²) in [6.07, 6.45) is 0. The van der Waals surface area contributed by atoms with E-state index in [2.05, 4.69) is 48.6 Å². The molecule has 0 aliphatic rings. The summed E-state index contributed by atoms with van der Waals surface area (Å²) >= 11 is 0. The molecule has 2 aromatic rings. The van der Waals surface area contributed by atoms with E-state index in [-0.39, 0.29) is 6.04 Å². The smallest absolute Gasteiger partial charge is 0.146 e. The lowest BCUT2D eigenvalue weighted by Crippen LogP contribution is -2.17. The van der Waals surface area contributed by atoms with Crippen LogP contribution in [0.3, 0.4) is 0 Å². The molecule has 0 fully saturated rings. The van der Waals surface area contributed by atoms with Crippen LogP contribution in [-0.2, 0) is 9.47 Å². The van der Waals surface area contributed by atoms with Crippen molar-refractivity contribution in [3.05, 3.63) is 65.7 Å². The highest BCUT2D eigenvalue weighted by Crippen LogP contribution is 2.20. The first-order valence-corrected chi connectivity index (χ1v) is 6.74. The lowest BCUT2D eigenvalue weighted by atomic mass is 10.1. The largest absolute Gasteiger partial charge is 0.376 e. The van der Waals surface area contributed by atoms with Gasteiger partial charge in [0, 0.05) is 12.8 Å². The van der Waals surface area contributed by atoms with Crippen molar-refractivity contribution in [2.45, 2.75) is 13.0 Å². The van der Waals surface area contributed by atoms with Crippen LogP contribution in [0.15, 0.2) is 54.6 Å². The highest BCUT2D eigenvalue weighted by Gasteiger charge is 2.11. The Labute approximate surface area is 120 Å². The van der Waals surface area contributed by atoms with Gasteiger partial charge in [0.25, 0.3) is 0 Å². The van der Waals surface area contributed by atoms with Crippen LogP contribution in [0, 0.1) is 6.92 Å². The monoisotopic (exact) mass is 271 g/mol. The molecule has 0 saturated heterocycles. The molecular formula is C17H21NO2. The fourth-order valence-corrected chi connectivity index (χ4v) is 2.01. The van der Waals surface area contributed by atoms with Crippen LogP contribution in [0.2, 0.25) is 0 Å². The highest BCUT2D eigenvalue weighted by atomic mass is 16.7. The van der Waals surface area contributed by atoms with Gasteiger partial charge in [-0.25, -0.2) is 0 Å². The van der Waals surface area contributed by atoms with Gasteiger partial charge >= 0.3 is 0 Å². The van der Waals surface area contributed by atoms with Gasteiger partial charge in [0.15, 0.2) is 0 Å². The van der Waals surface area contributed by atoms with Crippen LogP contribution in [0.25, 0.3) is 0 Å². The molecule has 0 saturated carbocycles. The van der Waals surface area contributed by atoms with E-state index < -0.39 is 0 Å². The van der Waals surface area contributed by atoms with Crippen molar-refractivity contribution in [2.75, 3.05) is 25.8 Å². The lowest BCUT2D eigenvalue weighted by molar-refractivity contribution is -0.0337. The second kappa shape index (κ2) is 7.68. The number of nitrogens with one attached hydrogen (secondary N) is 1. The Morgan fingerprint density at radius 3 is 2.35 bits per heavy atom. The van der Waals surface area contributed by atoms with E-state index in [0.29, 0.717) is 13.4 Å². The van der Waals surface area contributed by atoms with Crippen LogP contribution < -0.4 is 5.32 Å². The predicted octanol–water partition coefficient (Wildman–Crippen LogP) is 3.77. The summed E-state index contributed by atoms with van der Waals surface area (Å²) < 4.78 is 10.5. The first-order chi connectivity index (χ1) is 9.79. The Morgan fingerprint density at radius 1 is 1.00 bits per heavy atom. The zero-order chi connectivity index (χ0) is 14.2. The number of anilines is 1. The molecule has 0 aliphatic carbocycles. The van der Waals surface area contributed by atoms with Crippen LogP contribution in [-0.4, -0.2) is 20.5 Å². The number of ether oxygens (including phenoxy) is 2. The minimum Gasteiger partial charge on any atom is -0.376 e. The van der Waals surface area contributed by atoms with E-state index in [1.165, 1.54) is 11.1 Å². The molecule has 106 valence electrons. The van der Waals surface area contributed by atoms with E-state index in [9.17, 15) is 0 Å². The summed E-state index contributed by atoms with van der Waals surface area (Å²) in [5.74, 6) is 0. The Kier molecular flexibility index (Phi) is 5.59. The topological polar surface area (TPSA) is 30.5 Å². The average Bonchev–Trinajstić information content (AvgIpc) is 2.49. The molecule has 0 heterocycles. The van der Waals surface area contributed by atoms with Crippen molar-refractivity contribution in [3.8, 4) is 0 Å². The van der Waals surface area contributed by atoms with Crippen LogP contribution in [0.5, 0.6) is 0 Å². The molecule has 0 spiro atoms. The van der Waals surface area contributed by atoms with Crippen molar-refractivity contribution >= 4 is 5.69 Å². The number of methoxy groups -OCH3 is 1. The van der Waals surface area contributed by atoms with Gasteiger partial charge in [-0.15, -0.1) is 0 Å². The van der Waals surface area contributed by atoms with Crippen molar-refractivity contribution < 1.29 is 9.47 Å². The number of hydrogen-bond donors (Lipinski definition) is 1. The molecule has 3 nitrogen and oxygen atoms in total. The van der Waals surface area contributed by atoms with Crippen LogP contribution in [0.4, 0.5) is 5.69 Å². The van der Waals surface area contributed by atoms with Gasteiger partial charge in [-0.3, -0.25) is 0 Å². The summed E-state index contributed by atoms with van der Waals surface area (Å²) in [6, 6.07) is 18.8. The zero-order valence-electron chi connectivity index (χ0n) is 12.0. The summed E-state index contributed by atoms with van der Waals surface area (Å²) in [7, 11) is 1.63. The molecule has 20 heavy (non-hydrogen) atoms. The van der Waals surface area contributed by atoms with E-state index in [1.54, 1.807) is 7.11 Å². The van der Waals surface area contributed by atoms with Gasteiger partial charge < -0.3 is 14.8 Å². The third-order valence-corrected chi connectivity index (χ3v) is 3.08. The number of aryl methyl sites for hydroxylation is 1. The quantitative estimate of drug-likeness (QED) is 0.614. The van der Waals surface area contributed by atoms with Gasteiger partial charge in [0.05, 0.1) is 12.6 Å². The molecule has 2 aromatic carbocycles. The molecule has 2 rings (SSSR count). The molecule has 0 bridgehead atoms. The maximum atomic E-state index is 5.51. The van der Waals surface area contributed by atoms with E-state index >= 15 is 0 Å². The summed E-state index contributed by atoms with van der Waals surface area (Å²) in [5.41, 5.74) is 3.54. The molecule has 0 aromatic heterocycles. The Bertz CT molecular complexity index is 496. The summed E-state index contributed by atoms with van der Waals surface area (Å²) in [5, 5.41) is 3.50. The standard InChI is InChI=1S/C17H21NO2/c1-14-8-10-16(11-9-14)18-17(12-20-13-19-2)15-6-4-3-5-7-15/h3-11,17-18H,12-13H2,1-2H3. The predicted molar refractivity (Wildman–Crippen MR) is 81.8 cm³/mol. The van der Waals surface area contributed by atoms with Gasteiger partial charge in [-0.2, -0.15) is 0 Å². The average molecular weight is 271 g/mol. The normalized spacial score (nSPS) is 12.1. The fraction of sp³-hybridized carbons (Fsp3) is 0.294. The molecule has 3 heteroatoms. The maximum absolute atomic E-state index is 5.51. The van der Waals surface area contributed by atoms with Crippen molar-refractivity contribution in [1.29, 1.82) is 0 Å². The minimum atomic E-state index is 0.106. The van der Waals surface area contributed by atoms with Crippen LogP contribution in [0.1, 0.15) is 17.2 Å².